The van der Waals surface area contributed by atoms with E-state index in [4.69, 9.17) is 9.47 Å². The average molecular weight is 159 g/mol. The SMILES string of the molecule is CC1NCCC[C@H](C)OCO1. The molecule has 0 aromatic heterocycles. The van der Waals surface area contributed by atoms with Crippen LogP contribution >= 0.6 is 0 Å². The molecule has 0 spiro atoms. The molecule has 2 atom stereocenters. The van der Waals surface area contributed by atoms with Crippen LogP contribution < -0.4 is 5.32 Å². The van der Waals surface area contributed by atoms with Crippen LogP contribution in [0.4, 0.5) is 0 Å². The van der Waals surface area contributed by atoms with E-state index in [1.54, 1.807) is 0 Å². The predicted octanol–water partition coefficient (Wildman–Crippen LogP) is 1.09. The first-order chi connectivity index (χ1) is 5.29. The fraction of sp³-hybridized carbons (Fsp3) is 1.00. The van der Waals surface area contributed by atoms with Gasteiger partial charge in [-0.3, -0.25) is 5.32 Å². The summed E-state index contributed by atoms with van der Waals surface area (Å²) in [6.07, 6.45) is 2.74. The molecule has 0 saturated carbocycles. The summed E-state index contributed by atoms with van der Waals surface area (Å²) in [6, 6.07) is 0. The topological polar surface area (TPSA) is 30.5 Å². The van der Waals surface area contributed by atoms with Gasteiger partial charge in [0.2, 0.25) is 0 Å². The van der Waals surface area contributed by atoms with Gasteiger partial charge in [0.05, 0.1) is 6.10 Å². The highest BCUT2D eigenvalue weighted by Crippen LogP contribution is 2.03. The standard InChI is InChI=1S/C8H17NO2/c1-7-4-3-5-9-8(2)11-6-10-7/h7-9H,3-6H2,1-2H3/t7-,8?/m0/s1. The second-order valence-corrected chi connectivity index (χ2v) is 3.00. The first-order valence-electron chi connectivity index (χ1n) is 4.25. The van der Waals surface area contributed by atoms with Crippen LogP contribution in [0.2, 0.25) is 0 Å². The minimum absolute atomic E-state index is 0.125. The molecular formula is C8H17NO2. The van der Waals surface area contributed by atoms with Crippen molar-refractivity contribution in [2.24, 2.45) is 0 Å². The maximum Gasteiger partial charge on any atom is 0.149 e. The van der Waals surface area contributed by atoms with Gasteiger partial charge in [-0.1, -0.05) is 0 Å². The van der Waals surface area contributed by atoms with Crippen molar-refractivity contribution in [2.45, 2.75) is 39.0 Å². The molecular weight excluding hydrogens is 142 g/mol. The summed E-state index contributed by atoms with van der Waals surface area (Å²) in [5.74, 6) is 0. The van der Waals surface area contributed by atoms with Gasteiger partial charge in [0.25, 0.3) is 0 Å². The van der Waals surface area contributed by atoms with Gasteiger partial charge < -0.3 is 9.47 Å². The summed E-state index contributed by atoms with van der Waals surface area (Å²) in [5.41, 5.74) is 0. The van der Waals surface area contributed by atoms with E-state index >= 15 is 0 Å². The van der Waals surface area contributed by atoms with Crippen LogP contribution in [0.25, 0.3) is 0 Å². The molecule has 1 aliphatic rings. The Labute approximate surface area is 68.1 Å². The zero-order valence-corrected chi connectivity index (χ0v) is 7.30. The maximum absolute atomic E-state index is 5.37. The Morgan fingerprint density at radius 3 is 2.91 bits per heavy atom. The van der Waals surface area contributed by atoms with Crippen LogP contribution in [0.1, 0.15) is 26.7 Å². The molecule has 0 aromatic rings. The first-order valence-corrected chi connectivity index (χ1v) is 4.25. The Kier molecular flexibility index (Phi) is 3.83. The number of rotatable bonds is 0. The van der Waals surface area contributed by atoms with Crippen molar-refractivity contribution in [3.05, 3.63) is 0 Å². The Morgan fingerprint density at radius 1 is 1.27 bits per heavy atom. The van der Waals surface area contributed by atoms with E-state index in [1.165, 1.54) is 0 Å². The van der Waals surface area contributed by atoms with Gasteiger partial charge in [-0.05, 0) is 33.2 Å². The fourth-order valence-corrected chi connectivity index (χ4v) is 1.09. The van der Waals surface area contributed by atoms with E-state index in [-0.39, 0.29) is 6.23 Å². The van der Waals surface area contributed by atoms with Gasteiger partial charge in [0, 0.05) is 0 Å². The molecule has 0 aliphatic carbocycles. The minimum atomic E-state index is 0.125. The Balaban J connectivity index is 2.24. The molecule has 0 amide bonds. The molecule has 3 nitrogen and oxygen atoms in total. The van der Waals surface area contributed by atoms with Crippen LogP contribution in [0.15, 0.2) is 0 Å². The number of hydrogen-bond donors (Lipinski definition) is 1. The van der Waals surface area contributed by atoms with Crippen molar-refractivity contribution in [3.8, 4) is 0 Å². The van der Waals surface area contributed by atoms with E-state index in [9.17, 15) is 0 Å². The smallest absolute Gasteiger partial charge is 0.149 e. The van der Waals surface area contributed by atoms with Crippen molar-refractivity contribution in [1.29, 1.82) is 0 Å². The molecule has 0 aromatic carbocycles. The Bertz CT molecular complexity index is 96.3. The molecule has 11 heavy (non-hydrogen) atoms. The first kappa shape index (κ1) is 8.97. The molecule has 1 N–H and O–H groups in total. The van der Waals surface area contributed by atoms with Crippen LogP contribution in [0.3, 0.4) is 0 Å². The molecule has 1 saturated heterocycles. The lowest BCUT2D eigenvalue weighted by molar-refractivity contribution is -0.112. The second-order valence-electron chi connectivity index (χ2n) is 3.00. The third-order valence-electron chi connectivity index (χ3n) is 1.89. The van der Waals surface area contributed by atoms with Crippen LogP contribution in [0, 0.1) is 0 Å². The minimum Gasteiger partial charge on any atom is -0.352 e. The lowest BCUT2D eigenvalue weighted by atomic mass is 10.2. The van der Waals surface area contributed by atoms with Crippen LogP contribution in [0.5, 0.6) is 0 Å². The summed E-state index contributed by atoms with van der Waals surface area (Å²) in [4.78, 5) is 0. The average Bonchev–Trinajstić information content (AvgIpc) is 2.04. The molecule has 0 bridgehead atoms. The summed E-state index contributed by atoms with van der Waals surface area (Å²) in [5, 5.41) is 3.24. The molecule has 3 heteroatoms. The van der Waals surface area contributed by atoms with Gasteiger partial charge in [-0.2, -0.15) is 0 Å². The second kappa shape index (κ2) is 4.70. The summed E-state index contributed by atoms with van der Waals surface area (Å²) in [7, 11) is 0. The molecule has 1 rings (SSSR count). The lowest BCUT2D eigenvalue weighted by Gasteiger charge is -2.12. The maximum atomic E-state index is 5.37. The van der Waals surface area contributed by atoms with Crippen molar-refractivity contribution >= 4 is 0 Å². The van der Waals surface area contributed by atoms with Crippen molar-refractivity contribution in [1.82, 2.24) is 5.32 Å². The molecule has 0 radical (unpaired) electrons. The third-order valence-corrected chi connectivity index (χ3v) is 1.89. The van der Waals surface area contributed by atoms with Gasteiger partial charge in [-0.15, -0.1) is 0 Å². The normalized spacial score (nSPS) is 35.5. The highest BCUT2D eigenvalue weighted by molar-refractivity contribution is 4.56. The molecule has 1 unspecified atom stereocenters. The predicted molar refractivity (Wildman–Crippen MR) is 43.2 cm³/mol. The van der Waals surface area contributed by atoms with E-state index < -0.39 is 0 Å². The summed E-state index contributed by atoms with van der Waals surface area (Å²) >= 11 is 0. The highest BCUT2D eigenvalue weighted by atomic mass is 16.7. The monoisotopic (exact) mass is 159 g/mol. The van der Waals surface area contributed by atoms with Crippen molar-refractivity contribution in [2.75, 3.05) is 13.3 Å². The summed E-state index contributed by atoms with van der Waals surface area (Å²) in [6.45, 7) is 5.52. The highest BCUT2D eigenvalue weighted by Gasteiger charge is 2.07. The zero-order chi connectivity index (χ0) is 8.10. The molecule has 1 heterocycles. The third kappa shape index (κ3) is 3.70. The number of nitrogens with one attached hydrogen (secondary N) is 1. The molecule has 66 valence electrons. The quantitative estimate of drug-likeness (QED) is 0.574. The van der Waals surface area contributed by atoms with E-state index in [2.05, 4.69) is 12.2 Å². The largest absolute Gasteiger partial charge is 0.352 e. The van der Waals surface area contributed by atoms with Crippen LogP contribution in [-0.4, -0.2) is 25.7 Å². The van der Waals surface area contributed by atoms with Crippen molar-refractivity contribution < 1.29 is 9.47 Å². The zero-order valence-electron chi connectivity index (χ0n) is 7.30. The van der Waals surface area contributed by atoms with E-state index in [0.29, 0.717) is 12.9 Å². The Morgan fingerprint density at radius 2 is 2.09 bits per heavy atom. The Hall–Kier alpha value is -0.120. The van der Waals surface area contributed by atoms with Gasteiger partial charge in [-0.25, -0.2) is 0 Å². The molecule has 1 aliphatic heterocycles. The van der Waals surface area contributed by atoms with Gasteiger partial charge >= 0.3 is 0 Å². The van der Waals surface area contributed by atoms with Gasteiger partial charge in [0.15, 0.2) is 0 Å². The lowest BCUT2D eigenvalue weighted by Crippen LogP contribution is -2.29. The van der Waals surface area contributed by atoms with Crippen molar-refractivity contribution in [3.63, 3.8) is 0 Å². The number of ether oxygens (including phenoxy) is 2. The number of hydrogen-bond acceptors (Lipinski definition) is 3. The fourth-order valence-electron chi connectivity index (χ4n) is 1.09. The van der Waals surface area contributed by atoms with E-state index in [1.807, 2.05) is 6.92 Å². The van der Waals surface area contributed by atoms with Crippen LogP contribution in [-0.2, 0) is 9.47 Å². The molecule has 1 fully saturated rings. The van der Waals surface area contributed by atoms with Gasteiger partial charge in [0.1, 0.15) is 13.0 Å². The summed E-state index contributed by atoms with van der Waals surface area (Å²) < 4.78 is 10.7. The van der Waals surface area contributed by atoms with E-state index in [0.717, 1.165) is 19.4 Å².